The summed E-state index contributed by atoms with van der Waals surface area (Å²) in [5, 5.41) is 4.28. The molecule has 0 N–H and O–H groups in total. The molecule has 96 valence electrons. The molecule has 2 rings (SSSR count). The normalized spacial score (nSPS) is 10.9. The van der Waals surface area contributed by atoms with Gasteiger partial charge in [0.2, 0.25) is 6.29 Å². The number of hydrogen-bond donors (Lipinski definition) is 0. The van der Waals surface area contributed by atoms with Crippen molar-refractivity contribution in [3.8, 4) is 11.4 Å². The minimum atomic E-state index is -0.446. The lowest BCUT2D eigenvalue weighted by Crippen LogP contribution is -2.11. The second-order valence-corrected chi connectivity index (χ2v) is 3.67. The first-order chi connectivity index (χ1) is 8.80. The van der Waals surface area contributed by atoms with Crippen molar-refractivity contribution in [3.05, 3.63) is 42.2 Å². The van der Waals surface area contributed by atoms with E-state index in [4.69, 9.17) is 14.2 Å². The third-order valence-electron chi connectivity index (χ3n) is 2.64. The van der Waals surface area contributed by atoms with E-state index >= 15 is 0 Å². The van der Waals surface area contributed by atoms with Gasteiger partial charge in [-0.2, -0.15) is 5.10 Å². The van der Waals surface area contributed by atoms with Gasteiger partial charge in [-0.05, 0) is 18.2 Å². The Morgan fingerprint density at radius 1 is 1.11 bits per heavy atom. The summed E-state index contributed by atoms with van der Waals surface area (Å²) in [4.78, 5) is 0. The van der Waals surface area contributed by atoms with Gasteiger partial charge in [-0.1, -0.05) is 6.07 Å². The van der Waals surface area contributed by atoms with Crippen molar-refractivity contribution in [1.29, 1.82) is 0 Å². The molecule has 1 aromatic carbocycles. The molecule has 2 aromatic rings. The Balaban J connectivity index is 2.41. The predicted molar refractivity (Wildman–Crippen MR) is 66.9 cm³/mol. The molecule has 0 unspecified atom stereocenters. The van der Waals surface area contributed by atoms with E-state index in [2.05, 4.69) is 5.10 Å². The molecule has 0 saturated heterocycles. The Hall–Kier alpha value is -1.85. The Kier molecular flexibility index (Phi) is 3.96. The van der Waals surface area contributed by atoms with E-state index in [-0.39, 0.29) is 0 Å². The summed E-state index contributed by atoms with van der Waals surface area (Å²) in [7, 11) is 4.82. The summed E-state index contributed by atoms with van der Waals surface area (Å²) in [6, 6.07) is 9.50. The number of ether oxygens (including phenoxy) is 3. The van der Waals surface area contributed by atoms with Crippen LogP contribution in [0, 0.1) is 0 Å². The van der Waals surface area contributed by atoms with Gasteiger partial charge < -0.3 is 14.2 Å². The third-order valence-corrected chi connectivity index (χ3v) is 2.64. The minimum absolute atomic E-state index is 0.446. The lowest BCUT2D eigenvalue weighted by molar-refractivity contribution is -0.109. The molecule has 0 radical (unpaired) electrons. The van der Waals surface area contributed by atoms with Crippen molar-refractivity contribution >= 4 is 0 Å². The molecule has 0 bridgehead atoms. The molecule has 18 heavy (non-hydrogen) atoms. The zero-order valence-electron chi connectivity index (χ0n) is 10.7. The van der Waals surface area contributed by atoms with Gasteiger partial charge in [0.05, 0.1) is 12.8 Å². The Labute approximate surface area is 106 Å². The topological polar surface area (TPSA) is 45.5 Å². The number of benzene rings is 1. The molecule has 0 saturated carbocycles. The summed E-state index contributed by atoms with van der Waals surface area (Å²) in [5.41, 5.74) is 1.72. The summed E-state index contributed by atoms with van der Waals surface area (Å²) < 4.78 is 17.5. The van der Waals surface area contributed by atoms with Crippen LogP contribution in [0.2, 0.25) is 0 Å². The highest BCUT2D eigenvalue weighted by molar-refractivity contribution is 5.39. The van der Waals surface area contributed by atoms with Crippen LogP contribution < -0.4 is 4.74 Å². The average Bonchev–Trinajstić information content (AvgIpc) is 2.90. The summed E-state index contributed by atoms with van der Waals surface area (Å²) in [6.07, 6.45) is 1.26. The van der Waals surface area contributed by atoms with E-state index in [0.29, 0.717) is 0 Å². The number of hydrogen-bond acceptors (Lipinski definition) is 4. The maximum absolute atomic E-state index is 5.25. The molecule has 0 spiro atoms. The molecule has 0 atom stereocenters. The molecule has 0 aliphatic rings. The quantitative estimate of drug-likeness (QED) is 0.761. The second-order valence-electron chi connectivity index (χ2n) is 3.67. The smallest absolute Gasteiger partial charge is 0.200 e. The van der Waals surface area contributed by atoms with Gasteiger partial charge in [0.15, 0.2) is 0 Å². The molecule has 0 aliphatic carbocycles. The van der Waals surface area contributed by atoms with E-state index in [1.807, 2.05) is 30.3 Å². The fourth-order valence-corrected chi connectivity index (χ4v) is 1.79. The van der Waals surface area contributed by atoms with Crippen LogP contribution in [0.5, 0.6) is 5.75 Å². The molecular formula is C13H16N2O3. The van der Waals surface area contributed by atoms with Gasteiger partial charge >= 0.3 is 0 Å². The van der Waals surface area contributed by atoms with Crippen molar-refractivity contribution in [3.63, 3.8) is 0 Å². The summed E-state index contributed by atoms with van der Waals surface area (Å²) in [5.74, 6) is 0.778. The SMILES string of the molecule is COc1cccc(-n2nccc2C(OC)OC)c1. The van der Waals surface area contributed by atoms with Crippen LogP contribution in [0.25, 0.3) is 5.69 Å². The highest BCUT2D eigenvalue weighted by atomic mass is 16.7. The summed E-state index contributed by atoms with van der Waals surface area (Å²) >= 11 is 0. The number of methoxy groups -OCH3 is 3. The van der Waals surface area contributed by atoms with E-state index in [1.54, 1.807) is 32.2 Å². The van der Waals surface area contributed by atoms with Gasteiger partial charge in [0, 0.05) is 26.5 Å². The van der Waals surface area contributed by atoms with Crippen molar-refractivity contribution in [2.75, 3.05) is 21.3 Å². The van der Waals surface area contributed by atoms with Crippen LogP contribution in [0.1, 0.15) is 12.0 Å². The van der Waals surface area contributed by atoms with Crippen LogP contribution in [0.15, 0.2) is 36.5 Å². The first-order valence-electron chi connectivity index (χ1n) is 5.54. The van der Waals surface area contributed by atoms with Gasteiger partial charge in [-0.3, -0.25) is 0 Å². The Morgan fingerprint density at radius 2 is 1.89 bits per heavy atom. The van der Waals surface area contributed by atoms with E-state index in [1.165, 1.54) is 0 Å². The Morgan fingerprint density at radius 3 is 2.56 bits per heavy atom. The highest BCUT2D eigenvalue weighted by Crippen LogP contribution is 2.22. The maximum atomic E-state index is 5.25. The lowest BCUT2D eigenvalue weighted by Gasteiger charge is -2.15. The number of nitrogens with zero attached hydrogens (tertiary/aromatic N) is 2. The molecule has 0 amide bonds. The molecule has 5 nitrogen and oxygen atoms in total. The predicted octanol–water partition coefficient (Wildman–Crippen LogP) is 2.17. The van der Waals surface area contributed by atoms with Crippen LogP contribution in [-0.2, 0) is 9.47 Å². The largest absolute Gasteiger partial charge is 0.497 e. The third kappa shape index (κ3) is 2.37. The molecule has 1 heterocycles. The van der Waals surface area contributed by atoms with Gasteiger partial charge in [0.25, 0.3) is 0 Å². The van der Waals surface area contributed by atoms with Crippen LogP contribution in [0.4, 0.5) is 0 Å². The van der Waals surface area contributed by atoms with Crippen LogP contribution >= 0.6 is 0 Å². The second kappa shape index (κ2) is 5.66. The minimum Gasteiger partial charge on any atom is -0.497 e. The monoisotopic (exact) mass is 248 g/mol. The van der Waals surface area contributed by atoms with Crippen molar-refractivity contribution in [1.82, 2.24) is 9.78 Å². The first kappa shape index (κ1) is 12.6. The number of rotatable bonds is 5. The van der Waals surface area contributed by atoms with Gasteiger partial charge in [0.1, 0.15) is 11.4 Å². The summed E-state index contributed by atoms with van der Waals surface area (Å²) in [6.45, 7) is 0. The fraction of sp³-hybridized carbons (Fsp3) is 0.308. The molecule has 0 fully saturated rings. The highest BCUT2D eigenvalue weighted by Gasteiger charge is 2.15. The van der Waals surface area contributed by atoms with E-state index < -0.39 is 6.29 Å². The fourth-order valence-electron chi connectivity index (χ4n) is 1.79. The zero-order chi connectivity index (χ0) is 13.0. The van der Waals surface area contributed by atoms with Gasteiger partial charge in [-0.25, -0.2) is 4.68 Å². The first-order valence-corrected chi connectivity index (χ1v) is 5.54. The maximum Gasteiger partial charge on any atom is 0.200 e. The number of aromatic nitrogens is 2. The van der Waals surface area contributed by atoms with Crippen molar-refractivity contribution in [2.24, 2.45) is 0 Å². The van der Waals surface area contributed by atoms with E-state index in [9.17, 15) is 0 Å². The van der Waals surface area contributed by atoms with Crippen LogP contribution in [0.3, 0.4) is 0 Å². The molecule has 1 aromatic heterocycles. The molecular weight excluding hydrogens is 232 g/mol. The zero-order valence-corrected chi connectivity index (χ0v) is 10.7. The van der Waals surface area contributed by atoms with Crippen molar-refractivity contribution in [2.45, 2.75) is 6.29 Å². The lowest BCUT2D eigenvalue weighted by atomic mass is 10.3. The standard InChI is InChI=1S/C13H16N2O3/c1-16-11-6-4-5-10(9-11)15-12(7-8-14-15)13(17-2)18-3/h4-9,13H,1-3H3. The van der Waals surface area contributed by atoms with Crippen LogP contribution in [-0.4, -0.2) is 31.1 Å². The Bertz CT molecular complexity index is 506. The van der Waals surface area contributed by atoms with E-state index in [0.717, 1.165) is 17.1 Å². The molecule has 5 heteroatoms. The van der Waals surface area contributed by atoms with Crippen molar-refractivity contribution < 1.29 is 14.2 Å². The van der Waals surface area contributed by atoms with Gasteiger partial charge in [-0.15, -0.1) is 0 Å². The molecule has 0 aliphatic heterocycles. The average molecular weight is 248 g/mol.